The summed E-state index contributed by atoms with van der Waals surface area (Å²) >= 11 is 0. The number of hydrogen-bond acceptors (Lipinski definition) is 3. The van der Waals surface area contributed by atoms with Crippen LogP contribution in [0.15, 0.2) is 42.5 Å². The molecule has 1 aliphatic heterocycles. The molecule has 0 atom stereocenters. The van der Waals surface area contributed by atoms with Crippen molar-refractivity contribution < 1.29 is 13.2 Å². The second-order valence-electron chi connectivity index (χ2n) is 6.74. The van der Waals surface area contributed by atoms with Gasteiger partial charge in [0.15, 0.2) is 0 Å². The number of nitrogens with one attached hydrogen (secondary N) is 1. The summed E-state index contributed by atoms with van der Waals surface area (Å²) in [5.74, 6) is 0.0683. The molecule has 6 heteroatoms. The monoisotopic (exact) mass is 372 g/mol. The lowest BCUT2D eigenvalue weighted by molar-refractivity contribution is -0.118. The van der Waals surface area contributed by atoms with Crippen LogP contribution in [-0.4, -0.2) is 20.9 Å². The smallest absolute Gasteiger partial charge is 0.236 e. The fraction of sp³-hybridized carbons (Fsp3) is 0.350. The van der Waals surface area contributed by atoms with Crippen LogP contribution in [0.5, 0.6) is 0 Å². The molecular weight excluding hydrogens is 348 g/mol. The van der Waals surface area contributed by atoms with Gasteiger partial charge in [0.2, 0.25) is 15.9 Å². The first-order valence-electron chi connectivity index (χ1n) is 8.87. The van der Waals surface area contributed by atoms with E-state index in [1.807, 2.05) is 50.2 Å². The molecule has 1 aliphatic rings. The van der Waals surface area contributed by atoms with Gasteiger partial charge in [-0.2, -0.15) is 0 Å². The number of anilines is 2. The third-order valence-electron chi connectivity index (χ3n) is 4.44. The maximum atomic E-state index is 12.5. The summed E-state index contributed by atoms with van der Waals surface area (Å²) < 4.78 is 27.6. The Balaban J connectivity index is 1.79. The topological polar surface area (TPSA) is 66.5 Å². The van der Waals surface area contributed by atoms with Gasteiger partial charge in [-0.3, -0.25) is 9.52 Å². The van der Waals surface area contributed by atoms with Crippen LogP contribution in [0.3, 0.4) is 0 Å². The molecule has 0 aromatic heterocycles. The largest absolute Gasteiger partial charge is 0.312 e. The average Bonchev–Trinajstić information content (AvgIpc) is 2.57. The van der Waals surface area contributed by atoms with E-state index in [0.717, 1.165) is 28.8 Å². The number of rotatable bonds is 6. The van der Waals surface area contributed by atoms with Crippen molar-refractivity contribution in [2.75, 3.05) is 16.2 Å². The second-order valence-corrected chi connectivity index (χ2v) is 8.46. The standard InChI is InChI=1S/C20H24N2O3S/c1-3-11-22-19-9-8-18(13-17(19)7-10-20(22)23)21-26(24,25)14-16-6-4-5-15(2)12-16/h4-6,8-9,12-13,21H,3,7,10-11,14H2,1-2H3. The van der Waals surface area contributed by atoms with Gasteiger partial charge in [0.05, 0.1) is 5.75 Å². The lowest BCUT2D eigenvalue weighted by Crippen LogP contribution is -2.35. The third kappa shape index (κ3) is 4.25. The maximum absolute atomic E-state index is 12.5. The molecule has 0 spiro atoms. The van der Waals surface area contributed by atoms with E-state index in [9.17, 15) is 13.2 Å². The van der Waals surface area contributed by atoms with Crippen LogP contribution in [-0.2, 0) is 27.0 Å². The van der Waals surface area contributed by atoms with Gasteiger partial charge in [-0.25, -0.2) is 8.42 Å². The van der Waals surface area contributed by atoms with E-state index < -0.39 is 10.0 Å². The summed E-state index contributed by atoms with van der Waals surface area (Å²) in [4.78, 5) is 13.9. The minimum absolute atomic E-state index is 0.0633. The highest BCUT2D eigenvalue weighted by atomic mass is 32.2. The van der Waals surface area contributed by atoms with Gasteiger partial charge < -0.3 is 4.90 Å². The SMILES string of the molecule is CCCN1C(=O)CCc2cc(NS(=O)(=O)Cc3cccc(C)c3)ccc21. The van der Waals surface area contributed by atoms with Crippen LogP contribution in [0.2, 0.25) is 0 Å². The summed E-state index contributed by atoms with van der Waals surface area (Å²) in [7, 11) is -3.50. The molecule has 0 fully saturated rings. The molecule has 0 unspecified atom stereocenters. The molecule has 0 aliphatic carbocycles. The van der Waals surface area contributed by atoms with Crippen molar-refractivity contribution in [3.8, 4) is 0 Å². The Hall–Kier alpha value is -2.34. The van der Waals surface area contributed by atoms with Gasteiger partial charge in [-0.1, -0.05) is 36.8 Å². The molecule has 0 saturated carbocycles. The van der Waals surface area contributed by atoms with Crippen molar-refractivity contribution in [2.24, 2.45) is 0 Å². The number of carbonyl (C=O) groups is 1. The normalized spacial score (nSPS) is 14.2. The molecule has 0 saturated heterocycles. The number of nitrogens with zero attached hydrogens (tertiary/aromatic N) is 1. The van der Waals surface area contributed by atoms with Gasteiger partial charge >= 0.3 is 0 Å². The van der Waals surface area contributed by atoms with Crippen molar-refractivity contribution in [1.82, 2.24) is 0 Å². The Morgan fingerprint density at radius 2 is 1.92 bits per heavy atom. The number of carbonyl (C=O) groups excluding carboxylic acids is 1. The van der Waals surface area contributed by atoms with Crippen molar-refractivity contribution in [3.05, 3.63) is 59.2 Å². The summed E-state index contributed by atoms with van der Waals surface area (Å²) in [6.45, 7) is 4.66. The zero-order valence-electron chi connectivity index (χ0n) is 15.2. The van der Waals surface area contributed by atoms with Crippen molar-refractivity contribution in [2.45, 2.75) is 38.9 Å². The molecule has 1 amide bonds. The molecule has 1 heterocycles. The predicted octanol–water partition coefficient (Wildman–Crippen LogP) is 3.63. The summed E-state index contributed by atoms with van der Waals surface area (Å²) in [5, 5.41) is 0. The Morgan fingerprint density at radius 1 is 1.12 bits per heavy atom. The molecule has 0 bridgehead atoms. The molecule has 138 valence electrons. The Labute approximate surface area is 155 Å². The van der Waals surface area contributed by atoms with Crippen LogP contribution in [0.4, 0.5) is 11.4 Å². The minimum atomic E-state index is -3.50. The Bertz CT molecular complexity index is 922. The molecule has 3 rings (SSSR count). The van der Waals surface area contributed by atoms with Crippen molar-refractivity contribution >= 4 is 27.3 Å². The molecule has 2 aromatic carbocycles. The quantitative estimate of drug-likeness (QED) is 0.842. The highest BCUT2D eigenvalue weighted by Crippen LogP contribution is 2.31. The van der Waals surface area contributed by atoms with Crippen LogP contribution in [0, 0.1) is 6.92 Å². The number of hydrogen-bond donors (Lipinski definition) is 1. The summed E-state index contributed by atoms with van der Waals surface area (Å²) in [5.41, 5.74) is 4.24. The number of fused-ring (bicyclic) bond motifs is 1. The number of aryl methyl sites for hydroxylation is 2. The van der Waals surface area contributed by atoms with Gasteiger partial charge in [0, 0.05) is 24.3 Å². The fourth-order valence-corrected chi connectivity index (χ4v) is 4.51. The number of sulfonamides is 1. The average molecular weight is 372 g/mol. The Morgan fingerprint density at radius 3 is 2.65 bits per heavy atom. The maximum Gasteiger partial charge on any atom is 0.236 e. The minimum Gasteiger partial charge on any atom is -0.312 e. The predicted molar refractivity (Wildman–Crippen MR) is 105 cm³/mol. The van der Waals surface area contributed by atoms with Crippen molar-refractivity contribution in [1.29, 1.82) is 0 Å². The van der Waals surface area contributed by atoms with Crippen molar-refractivity contribution in [3.63, 3.8) is 0 Å². The number of benzene rings is 2. The zero-order valence-corrected chi connectivity index (χ0v) is 16.0. The lowest BCUT2D eigenvalue weighted by atomic mass is 10.0. The van der Waals surface area contributed by atoms with E-state index in [2.05, 4.69) is 4.72 Å². The summed E-state index contributed by atoms with van der Waals surface area (Å²) in [6, 6.07) is 12.9. The highest BCUT2D eigenvalue weighted by molar-refractivity contribution is 7.91. The van der Waals surface area contributed by atoms with Crippen LogP contribution in [0.25, 0.3) is 0 Å². The second kappa shape index (κ2) is 7.50. The van der Waals surface area contributed by atoms with E-state index in [-0.39, 0.29) is 11.7 Å². The first-order chi connectivity index (χ1) is 12.4. The van der Waals surface area contributed by atoms with Crippen LogP contribution in [0.1, 0.15) is 36.5 Å². The van der Waals surface area contributed by atoms with Gasteiger partial charge in [0.25, 0.3) is 0 Å². The molecule has 5 nitrogen and oxygen atoms in total. The molecule has 2 aromatic rings. The molecule has 1 N–H and O–H groups in total. The summed E-state index contributed by atoms with van der Waals surface area (Å²) in [6.07, 6.45) is 1.99. The van der Waals surface area contributed by atoms with E-state index in [1.54, 1.807) is 11.0 Å². The van der Waals surface area contributed by atoms with Gasteiger partial charge in [-0.15, -0.1) is 0 Å². The first kappa shape index (κ1) is 18.5. The van der Waals surface area contributed by atoms with Crippen LogP contribution >= 0.6 is 0 Å². The lowest BCUT2D eigenvalue weighted by Gasteiger charge is -2.29. The van der Waals surface area contributed by atoms with E-state index in [0.29, 0.717) is 25.1 Å². The Kier molecular flexibility index (Phi) is 5.32. The third-order valence-corrected chi connectivity index (χ3v) is 5.70. The first-order valence-corrected chi connectivity index (χ1v) is 10.5. The molecule has 0 radical (unpaired) electrons. The van der Waals surface area contributed by atoms with Gasteiger partial charge in [0.1, 0.15) is 0 Å². The zero-order chi connectivity index (χ0) is 18.7. The molecule has 26 heavy (non-hydrogen) atoms. The van der Waals surface area contributed by atoms with E-state index >= 15 is 0 Å². The van der Waals surface area contributed by atoms with Crippen LogP contribution < -0.4 is 9.62 Å². The van der Waals surface area contributed by atoms with E-state index in [1.165, 1.54) is 0 Å². The fourth-order valence-electron chi connectivity index (χ4n) is 3.33. The van der Waals surface area contributed by atoms with Gasteiger partial charge in [-0.05, 0) is 49.1 Å². The highest BCUT2D eigenvalue weighted by Gasteiger charge is 2.24. The van der Waals surface area contributed by atoms with E-state index in [4.69, 9.17) is 0 Å². The number of amides is 1. The molecular formula is C20H24N2O3S.